The molecule has 0 radical (unpaired) electrons. The molecule has 2 rings (SSSR count). The maximum atomic E-state index is 13.2. The average Bonchev–Trinajstić information content (AvgIpc) is 2.36. The number of amides is 1. The molecular formula is C13H14F4N2O. The maximum absolute atomic E-state index is 13.2. The van der Waals surface area contributed by atoms with Crippen molar-refractivity contribution in [2.24, 2.45) is 0 Å². The maximum Gasteiger partial charge on any atom is 0.416 e. The summed E-state index contributed by atoms with van der Waals surface area (Å²) in [6, 6.07) is 1.93. The molecule has 0 bridgehead atoms. The van der Waals surface area contributed by atoms with Crippen molar-refractivity contribution < 1.29 is 22.4 Å². The minimum atomic E-state index is -4.58. The van der Waals surface area contributed by atoms with E-state index in [9.17, 15) is 22.4 Å². The molecule has 1 aromatic rings. The van der Waals surface area contributed by atoms with E-state index in [2.05, 4.69) is 10.6 Å². The van der Waals surface area contributed by atoms with Crippen LogP contribution in [0.25, 0.3) is 0 Å². The molecule has 1 atom stereocenters. The molecule has 1 saturated heterocycles. The van der Waals surface area contributed by atoms with Gasteiger partial charge in [-0.1, -0.05) is 0 Å². The first-order chi connectivity index (χ1) is 9.36. The Kier molecular flexibility index (Phi) is 4.27. The molecule has 1 heterocycles. The van der Waals surface area contributed by atoms with Gasteiger partial charge in [0.15, 0.2) is 0 Å². The quantitative estimate of drug-likeness (QED) is 0.838. The predicted molar refractivity (Wildman–Crippen MR) is 64.3 cm³/mol. The highest BCUT2D eigenvalue weighted by molar-refractivity contribution is 5.82. The zero-order valence-corrected chi connectivity index (χ0v) is 10.6. The van der Waals surface area contributed by atoms with Gasteiger partial charge < -0.3 is 10.6 Å². The molecule has 1 aliphatic heterocycles. The SMILES string of the molecule is O=C1NCCCC1NCc1cc(F)cc(C(F)(F)F)c1. The van der Waals surface area contributed by atoms with Crippen LogP contribution in [0, 0.1) is 5.82 Å². The van der Waals surface area contributed by atoms with Crippen LogP contribution in [-0.4, -0.2) is 18.5 Å². The number of carbonyl (C=O) groups excluding carboxylic acids is 1. The van der Waals surface area contributed by atoms with E-state index in [0.717, 1.165) is 18.6 Å². The minimum Gasteiger partial charge on any atom is -0.355 e. The summed E-state index contributed by atoms with van der Waals surface area (Å²) < 4.78 is 50.9. The Morgan fingerprint density at radius 2 is 2.05 bits per heavy atom. The van der Waals surface area contributed by atoms with Gasteiger partial charge in [-0.3, -0.25) is 4.79 Å². The van der Waals surface area contributed by atoms with Gasteiger partial charge in [0.2, 0.25) is 5.91 Å². The number of nitrogens with one attached hydrogen (secondary N) is 2. The van der Waals surface area contributed by atoms with Crippen molar-refractivity contribution in [1.82, 2.24) is 10.6 Å². The fourth-order valence-corrected chi connectivity index (χ4v) is 2.12. The Bertz CT molecular complexity index is 502. The number of benzene rings is 1. The number of hydrogen-bond donors (Lipinski definition) is 2. The van der Waals surface area contributed by atoms with Gasteiger partial charge in [-0.15, -0.1) is 0 Å². The van der Waals surface area contributed by atoms with Crippen LogP contribution in [0.4, 0.5) is 17.6 Å². The van der Waals surface area contributed by atoms with E-state index in [-0.39, 0.29) is 18.0 Å². The molecule has 1 unspecified atom stereocenters. The summed E-state index contributed by atoms with van der Waals surface area (Å²) in [5.74, 6) is -1.12. The van der Waals surface area contributed by atoms with Gasteiger partial charge in [0.05, 0.1) is 11.6 Å². The first-order valence-corrected chi connectivity index (χ1v) is 6.24. The third-order valence-corrected chi connectivity index (χ3v) is 3.12. The molecule has 1 aromatic carbocycles. The Labute approximate surface area is 113 Å². The van der Waals surface area contributed by atoms with Gasteiger partial charge in [-0.25, -0.2) is 4.39 Å². The normalized spacial score (nSPS) is 19.8. The number of halogens is 4. The van der Waals surface area contributed by atoms with E-state index < -0.39 is 23.6 Å². The van der Waals surface area contributed by atoms with E-state index >= 15 is 0 Å². The van der Waals surface area contributed by atoms with E-state index in [1.807, 2.05) is 0 Å². The van der Waals surface area contributed by atoms with Crippen LogP contribution in [0.3, 0.4) is 0 Å². The van der Waals surface area contributed by atoms with Crippen molar-refractivity contribution in [3.05, 3.63) is 35.1 Å². The lowest BCUT2D eigenvalue weighted by Gasteiger charge is -2.23. The smallest absolute Gasteiger partial charge is 0.355 e. The topological polar surface area (TPSA) is 41.1 Å². The highest BCUT2D eigenvalue weighted by atomic mass is 19.4. The third kappa shape index (κ3) is 3.69. The molecule has 110 valence electrons. The highest BCUT2D eigenvalue weighted by Crippen LogP contribution is 2.30. The van der Waals surface area contributed by atoms with E-state index in [0.29, 0.717) is 19.0 Å². The molecule has 0 spiro atoms. The summed E-state index contributed by atoms with van der Waals surface area (Å²) >= 11 is 0. The lowest BCUT2D eigenvalue weighted by Crippen LogP contribution is -2.47. The lowest BCUT2D eigenvalue weighted by atomic mass is 10.1. The van der Waals surface area contributed by atoms with E-state index in [4.69, 9.17) is 0 Å². The first-order valence-electron chi connectivity index (χ1n) is 6.24. The zero-order valence-electron chi connectivity index (χ0n) is 10.6. The van der Waals surface area contributed by atoms with E-state index in [1.165, 1.54) is 0 Å². The predicted octanol–water partition coefficient (Wildman–Crippen LogP) is 2.21. The molecule has 20 heavy (non-hydrogen) atoms. The number of rotatable bonds is 3. The van der Waals surface area contributed by atoms with Crippen molar-refractivity contribution in [1.29, 1.82) is 0 Å². The number of alkyl halides is 3. The Balaban J connectivity index is 2.06. The van der Waals surface area contributed by atoms with Crippen molar-refractivity contribution in [2.45, 2.75) is 31.6 Å². The Morgan fingerprint density at radius 3 is 2.70 bits per heavy atom. The molecule has 2 N–H and O–H groups in total. The van der Waals surface area contributed by atoms with Crippen molar-refractivity contribution in [3.63, 3.8) is 0 Å². The van der Waals surface area contributed by atoms with Gasteiger partial charge in [0, 0.05) is 13.1 Å². The fourth-order valence-electron chi connectivity index (χ4n) is 2.12. The molecular weight excluding hydrogens is 276 g/mol. The standard InChI is InChI=1S/C13H14F4N2O/c14-10-5-8(4-9(6-10)13(15,16)17)7-19-11-2-1-3-18-12(11)20/h4-6,11,19H,1-3,7H2,(H,18,20). The summed E-state index contributed by atoms with van der Waals surface area (Å²) in [4.78, 5) is 11.5. The van der Waals surface area contributed by atoms with Crippen molar-refractivity contribution in [3.8, 4) is 0 Å². The molecule has 1 fully saturated rings. The second-order valence-corrected chi connectivity index (χ2v) is 4.71. The van der Waals surface area contributed by atoms with Gasteiger partial charge in [0.25, 0.3) is 0 Å². The number of piperidine rings is 1. The molecule has 7 heteroatoms. The molecule has 3 nitrogen and oxygen atoms in total. The molecule has 1 aliphatic rings. The van der Waals surface area contributed by atoms with Crippen LogP contribution >= 0.6 is 0 Å². The second-order valence-electron chi connectivity index (χ2n) is 4.71. The van der Waals surface area contributed by atoms with Crippen LogP contribution in [0.5, 0.6) is 0 Å². The second kappa shape index (κ2) is 5.78. The monoisotopic (exact) mass is 290 g/mol. The largest absolute Gasteiger partial charge is 0.416 e. The molecule has 0 aliphatic carbocycles. The van der Waals surface area contributed by atoms with Gasteiger partial charge in [0.1, 0.15) is 5.82 Å². The minimum absolute atomic E-state index is 0.0128. The van der Waals surface area contributed by atoms with Gasteiger partial charge in [-0.05, 0) is 36.6 Å². The highest BCUT2D eigenvalue weighted by Gasteiger charge is 2.31. The number of carbonyl (C=O) groups is 1. The van der Waals surface area contributed by atoms with Crippen LogP contribution in [0.2, 0.25) is 0 Å². The van der Waals surface area contributed by atoms with Crippen LogP contribution in [-0.2, 0) is 17.5 Å². The summed E-state index contributed by atoms with van der Waals surface area (Å²) in [5.41, 5.74) is -0.863. The number of hydrogen-bond acceptors (Lipinski definition) is 2. The Morgan fingerprint density at radius 1 is 1.30 bits per heavy atom. The summed E-state index contributed by atoms with van der Waals surface area (Å²) in [5, 5.41) is 5.51. The fraction of sp³-hybridized carbons (Fsp3) is 0.462. The van der Waals surface area contributed by atoms with Crippen LogP contribution < -0.4 is 10.6 Å². The van der Waals surface area contributed by atoms with E-state index in [1.54, 1.807) is 0 Å². The summed E-state index contributed by atoms with van der Waals surface area (Å²) in [6.45, 7) is 0.619. The average molecular weight is 290 g/mol. The molecule has 1 amide bonds. The van der Waals surface area contributed by atoms with Crippen LogP contribution in [0.15, 0.2) is 18.2 Å². The summed E-state index contributed by atoms with van der Waals surface area (Å²) in [7, 11) is 0. The van der Waals surface area contributed by atoms with Gasteiger partial charge in [-0.2, -0.15) is 13.2 Å². The summed E-state index contributed by atoms with van der Waals surface area (Å²) in [6.07, 6.45) is -3.16. The Hall–Kier alpha value is -1.63. The molecule has 0 aromatic heterocycles. The third-order valence-electron chi connectivity index (χ3n) is 3.12. The van der Waals surface area contributed by atoms with Crippen molar-refractivity contribution >= 4 is 5.91 Å². The first kappa shape index (κ1) is 14.8. The molecule has 0 saturated carbocycles. The van der Waals surface area contributed by atoms with Gasteiger partial charge >= 0.3 is 6.18 Å². The van der Waals surface area contributed by atoms with Crippen LogP contribution in [0.1, 0.15) is 24.0 Å². The zero-order chi connectivity index (χ0) is 14.8. The lowest BCUT2D eigenvalue weighted by molar-refractivity contribution is -0.137. The van der Waals surface area contributed by atoms with Crippen molar-refractivity contribution in [2.75, 3.05) is 6.54 Å².